The van der Waals surface area contributed by atoms with Gasteiger partial charge in [-0.05, 0) is 12.5 Å². The summed E-state index contributed by atoms with van der Waals surface area (Å²) in [5, 5.41) is 4.14. The van der Waals surface area contributed by atoms with Gasteiger partial charge in [-0.3, -0.25) is 4.79 Å². The van der Waals surface area contributed by atoms with Crippen LogP contribution in [0, 0.1) is 6.92 Å². The second-order valence-electron chi connectivity index (χ2n) is 4.28. The van der Waals surface area contributed by atoms with Crippen molar-refractivity contribution in [3.05, 3.63) is 47.2 Å². The van der Waals surface area contributed by atoms with E-state index in [0.29, 0.717) is 18.0 Å². The third-order valence-electron chi connectivity index (χ3n) is 2.78. The number of methoxy groups -OCH3 is 1. The van der Waals surface area contributed by atoms with Gasteiger partial charge in [0.25, 0.3) is 0 Å². The van der Waals surface area contributed by atoms with Gasteiger partial charge in [-0.2, -0.15) is 5.10 Å². The van der Waals surface area contributed by atoms with Crippen LogP contribution in [-0.2, 0) is 13.5 Å². The summed E-state index contributed by atoms with van der Waals surface area (Å²) in [7, 11) is 3.31. The van der Waals surface area contributed by atoms with E-state index in [1.54, 1.807) is 24.9 Å². The highest BCUT2D eigenvalue weighted by Gasteiger charge is 2.13. The van der Waals surface area contributed by atoms with E-state index in [1.807, 2.05) is 31.2 Å². The summed E-state index contributed by atoms with van der Waals surface area (Å²) in [6, 6.07) is 9.59. The van der Waals surface area contributed by atoms with Crippen molar-refractivity contribution in [1.29, 1.82) is 0 Å². The van der Waals surface area contributed by atoms with E-state index >= 15 is 0 Å². The first-order valence-electron chi connectivity index (χ1n) is 5.77. The SMILES string of the molecule is COc1cc(C(=O)Cc2cccc(C)c2)nn1C. The van der Waals surface area contributed by atoms with Crippen molar-refractivity contribution in [2.45, 2.75) is 13.3 Å². The lowest BCUT2D eigenvalue weighted by atomic mass is 10.1. The van der Waals surface area contributed by atoms with Crippen LogP contribution in [0.4, 0.5) is 0 Å². The van der Waals surface area contributed by atoms with Crippen LogP contribution >= 0.6 is 0 Å². The number of carbonyl (C=O) groups is 1. The van der Waals surface area contributed by atoms with Gasteiger partial charge in [-0.15, -0.1) is 0 Å². The number of nitrogens with zero attached hydrogens (tertiary/aromatic N) is 2. The molecule has 4 nitrogen and oxygen atoms in total. The fourth-order valence-electron chi connectivity index (χ4n) is 1.88. The minimum atomic E-state index is -0.000463. The lowest BCUT2D eigenvalue weighted by Gasteiger charge is -2.00. The molecule has 0 bridgehead atoms. The monoisotopic (exact) mass is 244 g/mol. The van der Waals surface area contributed by atoms with Gasteiger partial charge in [0.05, 0.1) is 7.11 Å². The van der Waals surface area contributed by atoms with E-state index in [4.69, 9.17) is 4.74 Å². The number of Topliss-reactive ketones (excluding diaryl/α,β-unsaturated/α-hetero) is 1. The van der Waals surface area contributed by atoms with Crippen LogP contribution in [0.2, 0.25) is 0 Å². The van der Waals surface area contributed by atoms with Crippen LogP contribution in [0.5, 0.6) is 5.88 Å². The second-order valence-corrected chi connectivity index (χ2v) is 4.28. The Hall–Kier alpha value is -2.10. The zero-order chi connectivity index (χ0) is 13.1. The molecule has 0 unspecified atom stereocenters. The molecular formula is C14H16N2O2. The molecule has 4 heteroatoms. The van der Waals surface area contributed by atoms with Gasteiger partial charge in [0.2, 0.25) is 5.88 Å². The van der Waals surface area contributed by atoms with Crippen molar-refractivity contribution in [3.8, 4) is 5.88 Å². The van der Waals surface area contributed by atoms with Gasteiger partial charge < -0.3 is 4.74 Å². The van der Waals surface area contributed by atoms with Gasteiger partial charge in [-0.1, -0.05) is 29.8 Å². The number of rotatable bonds is 4. The molecule has 0 atom stereocenters. The molecule has 0 radical (unpaired) electrons. The molecule has 0 amide bonds. The lowest BCUT2D eigenvalue weighted by molar-refractivity contribution is 0.0987. The van der Waals surface area contributed by atoms with Gasteiger partial charge in [0.1, 0.15) is 5.69 Å². The fourth-order valence-corrected chi connectivity index (χ4v) is 1.88. The Morgan fingerprint density at radius 3 is 2.78 bits per heavy atom. The fraction of sp³-hybridized carbons (Fsp3) is 0.286. The quantitative estimate of drug-likeness (QED) is 0.774. The van der Waals surface area contributed by atoms with Crippen molar-refractivity contribution >= 4 is 5.78 Å². The highest BCUT2D eigenvalue weighted by molar-refractivity contribution is 5.96. The van der Waals surface area contributed by atoms with E-state index in [9.17, 15) is 4.79 Å². The Morgan fingerprint density at radius 1 is 1.39 bits per heavy atom. The minimum absolute atomic E-state index is 0.000463. The van der Waals surface area contributed by atoms with Crippen LogP contribution in [0.15, 0.2) is 30.3 Å². The zero-order valence-electron chi connectivity index (χ0n) is 10.8. The molecule has 94 valence electrons. The van der Waals surface area contributed by atoms with Crippen LogP contribution in [0.1, 0.15) is 21.6 Å². The summed E-state index contributed by atoms with van der Waals surface area (Å²) in [6.07, 6.45) is 0.363. The first-order valence-corrected chi connectivity index (χ1v) is 5.77. The average Bonchev–Trinajstić information content (AvgIpc) is 2.70. The number of hydrogen-bond acceptors (Lipinski definition) is 3. The zero-order valence-corrected chi connectivity index (χ0v) is 10.8. The predicted octanol–water partition coefficient (Wildman–Crippen LogP) is 2.16. The highest BCUT2D eigenvalue weighted by atomic mass is 16.5. The maximum Gasteiger partial charge on any atom is 0.211 e. The molecule has 0 aliphatic rings. The Kier molecular flexibility index (Phi) is 3.46. The van der Waals surface area contributed by atoms with Crippen molar-refractivity contribution < 1.29 is 9.53 Å². The molecule has 2 aromatic rings. The molecule has 1 heterocycles. The minimum Gasteiger partial charge on any atom is -0.481 e. The molecule has 0 spiro atoms. The van der Waals surface area contributed by atoms with Gasteiger partial charge in [0.15, 0.2) is 5.78 Å². The first kappa shape index (κ1) is 12.4. The average molecular weight is 244 g/mol. The van der Waals surface area contributed by atoms with Crippen molar-refractivity contribution in [3.63, 3.8) is 0 Å². The Labute approximate surface area is 106 Å². The smallest absolute Gasteiger partial charge is 0.211 e. The number of hydrogen-bond donors (Lipinski definition) is 0. The number of ether oxygens (including phenoxy) is 1. The molecule has 0 saturated heterocycles. The number of aryl methyl sites for hydroxylation is 2. The summed E-state index contributed by atoms with van der Waals surface area (Å²) >= 11 is 0. The predicted molar refractivity (Wildman–Crippen MR) is 69.0 cm³/mol. The Bertz CT molecular complexity index is 573. The summed E-state index contributed by atoms with van der Waals surface area (Å²) in [4.78, 5) is 12.1. The molecule has 0 aliphatic carbocycles. The van der Waals surface area contributed by atoms with E-state index in [1.165, 1.54) is 0 Å². The molecule has 2 rings (SSSR count). The van der Waals surface area contributed by atoms with E-state index < -0.39 is 0 Å². The van der Waals surface area contributed by atoms with E-state index in [-0.39, 0.29) is 5.78 Å². The maximum absolute atomic E-state index is 12.1. The van der Waals surface area contributed by atoms with E-state index in [0.717, 1.165) is 11.1 Å². The third kappa shape index (κ3) is 2.59. The standard InChI is InChI=1S/C14H16N2O2/c1-10-5-4-6-11(7-10)8-13(17)12-9-14(18-3)16(2)15-12/h4-7,9H,8H2,1-3H3. The Morgan fingerprint density at radius 2 is 2.17 bits per heavy atom. The number of carbonyl (C=O) groups excluding carboxylic acids is 1. The lowest BCUT2D eigenvalue weighted by Crippen LogP contribution is -2.05. The molecule has 18 heavy (non-hydrogen) atoms. The normalized spacial score (nSPS) is 10.4. The van der Waals surface area contributed by atoms with Crippen LogP contribution < -0.4 is 4.74 Å². The summed E-state index contributed by atoms with van der Waals surface area (Å²) < 4.78 is 6.65. The highest BCUT2D eigenvalue weighted by Crippen LogP contribution is 2.14. The molecular weight excluding hydrogens is 228 g/mol. The largest absolute Gasteiger partial charge is 0.481 e. The van der Waals surface area contributed by atoms with Gasteiger partial charge in [-0.25, -0.2) is 4.68 Å². The number of ketones is 1. The van der Waals surface area contributed by atoms with Crippen molar-refractivity contribution in [2.75, 3.05) is 7.11 Å². The molecule has 0 saturated carbocycles. The topological polar surface area (TPSA) is 44.1 Å². The summed E-state index contributed by atoms with van der Waals surface area (Å²) in [6.45, 7) is 2.01. The molecule has 0 fully saturated rings. The number of benzene rings is 1. The third-order valence-corrected chi connectivity index (χ3v) is 2.78. The maximum atomic E-state index is 12.1. The summed E-state index contributed by atoms with van der Waals surface area (Å²) in [5.74, 6) is 0.585. The van der Waals surface area contributed by atoms with Crippen LogP contribution in [-0.4, -0.2) is 22.7 Å². The second kappa shape index (κ2) is 5.04. The van der Waals surface area contributed by atoms with E-state index in [2.05, 4.69) is 5.10 Å². The van der Waals surface area contributed by atoms with Crippen LogP contribution in [0.25, 0.3) is 0 Å². The number of aromatic nitrogens is 2. The van der Waals surface area contributed by atoms with Gasteiger partial charge in [0, 0.05) is 19.5 Å². The Balaban J connectivity index is 2.16. The van der Waals surface area contributed by atoms with Gasteiger partial charge >= 0.3 is 0 Å². The molecule has 1 aromatic heterocycles. The summed E-state index contributed by atoms with van der Waals surface area (Å²) in [5.41, 5.74) is 2.60. The first-order chi connectivity index (χ1) is 8.60. The van der Waals surface area contributed by atoms with Crippen LogP contribution in [0.3, 0.4) is 0 Å². The molecule has 0 aliphatic heterocycles. The molecule has 0 N–H and O–H groups in total. The van der Waals surface area contributed by atoms with Crippen molar-refractivity contribution in [2.24, 2.45) is 7.05 Å². The van der Waals surface area contributed by atoms with Crippen molar-refractivity contribution in [1.82, 2.24) is 9.78 Å². The molecule has 1 aromatic carbocycles.